The maximum absolute atomic E-state index is 5.70. The van der Waals surface area contributed by atoms with Crippen LogP contribution in [0.4, 0.5) is 0 Å². The van der Waals surface area contributed by atoms with E-state index in [2.05, 4.69) is 10.1 Å². The zero-order valence-electron chi connectivity index (χ0n) is 8.20. The normalized spacial score (nSPS) is 23.8. The Hall–Kier alpha value is -0.900. The highest BCUT2D eigenvalue weighted by Crippen LogP contribution is 2.46. The molecule has 4 nitrogen and oxygen atoms in total. The van der Waals surface area contributed by atoms with Gasteiger partial charge in [0.05, 0.1) is 5.41 Å². The van der Waals surface area contributed by atoms with Gasteiger partial charge in [0.1, 0.15) is 0 Å². The van der Waals surface area contributed by atoms with Crippen molar-refractivity contribution in [3.63, 3.8) is 0 Å². The maximum atomic E-state index is 5.70. The Morgan fingerprint density at radius 1 is 1.43 bits per heavy atom. The second-order valence-corrected chi connectivity index (χ2v) is 4.65. The van der Waals surface area contributed by atoms with Crippen LogP contribution >= 0.6 is 0 Å². The summed E-state index contributed by atoms with van der Waals surface area (Å²) in [6.45, 7) is 0.637. The molecule has 0 saturated heterocycles. The van der Waals surface area contributed by atoms with Crippen molar-refractivity contribution < 1.29 is 4.52 Å². The smallest absolute Gasteiger partial charge is 0.234 e. The highest BCUT2D eigenvalue weighted by Gasteiger charge is 2.48. The predicted octanol–water partition coefficient (Wildman–Crippen LogP) is 1.01. The maximum Gasteiger partial charge on any atom is 0.234 e. The van der Waals surface area contributed by atoms with Crippen LogP contribution in [-0.2, 0) is 11.8 Å². The van der Waals surface area contributed by atoms with Crippen molar-refractivity contribution in [1.82, 2.24) is 10.1 Å². The summed E-state index contributed by atoms with van der Waals surface area (Å²) in [5.74, 6) is 2.46. The van der Waals surface area contributed by atoms with Crippen molar-refractivity contribution in [1.29, 1.82) is 0 Å². The average molecular weight is 193 g/mol. The minimum Gasteiger partial charge on any atom is -0.339 e. The van der Waals surface area contributed by atoms with Gasteiger partial charge < -0.3 is 10.3 Å². The van der Waals surface area contributed by atoms with Crippen LogP contribution in [0, 0.1) is 5.92 Å². The molecule has 0 bridgehead atoms. The molecule has 76 valence electrons. The highest BCUT2D eigenvalue weighted by atomic mass is 16.5. The fourth-order valence-corrected chi connectivity index (χ4v) is 1.79. The third-order valence-corrected chi connectivity index (χ3v) is 3.33. The molecule has 0 amide bonds. The SMILES string of the molecule is NCC1(c2nc(CC3CC3)no2)CC1. The molecule has 0 unspecified atom stereocenters. The van der Waals surface area contributed by atoms with E-state index in [1.54, 1.807) is 0 Å². The lowest BCUT2D eigenvalue weighted by Gasteiger charge is -2.03. The summed E-state index contributed by atoms with van der Waals surface area (Å²) in [5, 5.41) is 4.01. The molecule has 1 aromatic heterocycles. The van der Waals surface area contributed by atoms with Crippen LogP contribution in [0.5, 0.6) is 0 Å². The van der Waals surface area contributed by atoms with Gasteiger partial charge >= 0.3 is 0 Å². The van der Waals surface area contributed by atoms with E-state index in [0.717, 1.165) is 36.9 Å². The molecule has 2 aliphatic rings. The fraction of sp³-hybridized carbons (Fsp3) is 0.800. The zero-order chi connectivity index (χ0) is 9.60. The van der Waals surface area contributed by atoms with Crippen LogP contribution in [0.15, 0.2) is 4.52 Å². The molecule has 0 aromatic carbocycles. The summed E-state index contributed by atoms with van der Waals surface area (Å²) in [6.07, 6.45) is 5.85. The first-order valence-corrected chi connectivity index (χ1v) is 5.35. The van der Waals surface area contributed by atoms with E-state index in [0.29, 0.717) is 6.54 Å². The van der Waals surface area contributed by atoms with Gasteiger partial charge in [0, 0.05) is 13.0 Å². The number of hydrogen-bond donors (Lipinski definition) is 1. The first-order chi connectivity index (χ1) is 6.82. The Bertz CT molecular complexity index is 339. The molecule has 2 N–H and O–H groups in total. The van der Waals surface area contributed by atoms with Crippen molar-refractivity contribution in [2.75, 3.05) is 6.54 Å². The summed E-state index contributed by atoms with van der Waals surface area (Å²) < 4.78 is 5.27. The van der Waals surface area contributed by atoms with Crippen LogP contribution < -0.4 is 5.73 Å². The molecule has 2 fully saturated rings. The monoisotopic (exact) mass is 193 g/mol. The van der Waals surface area contributed by atoms with Crippen molar-refractivity contribution in [2.24, 2.45) is 11.7 Å². The Balaban J connectivity index is 1.75. The lowest BCUT2D eigenvalue weighted by Crippen LogP contribution is -2.20. The molecule has 0 aliphatic heterocycles. The van der Waals surface area contributed by atoms with E-state index < -0.39 is 0 Å². The first kappa shape index (κ1) is 8.41. The molecule has 3 rings (SSSR count). The average Bonchev–Trinajstić information content (AvgIpc) is 3.08. The summed E-state index contributed by atoms with van der Waals surface area (Å²) in [6, 6.07) is 0. The Morgan fingerprint density at radius 2 is 2.21 bits per heavy atom. The summed E-state index contributed by atoms with van der Waals surface area (Å²) in [5.41, 5.74) is 5.75. The van der Waals surface area contributed by atoms with Crippen molar-refractivity contribution in [3.8, 4) is 0 Å². The summed E-state index contributed by atoms with van der Waals surface area (Å²) in [4.78, 5) is 4.44. The number of aromatic nitrogens is 2. The Morgan fingerprint density at radius 3 is 2.79 bits per heavy atom. The summed E-state index contributed by atoms with van der Waals surface area (Å²) in [7, 11) is 0. The van der Waals surface area contributed by atoms with E-state index in [1.807, 2.05) is 0 Å². The molecule has 0 spiro atoms. The molecule has 1 heterocycles. The molecular weight excluding hydrogens is 178 g/mol. The molecule has 0 atom stereocenters. The predicted molar refractivity (Wildman–Crippen MR) is 50.7 cm³/mol. The molecule has 1 aromatic rings. The third kappa shape index (κ3) is 1.34. The number of nitrogens with two attached hydrogens (primary N) is 1. The topological polar surface area (TPSA) is 64.9 Å². The van der Waals surface area contributed by atoms with Crippen LogP contribution in [0.3, 0.4) is 0 Å². The van der Waals surface area contributed by atoms with Crippen LogP contribution in [0.1, 0.15) is 37.4 Å². The van der Waals surface area contributed by atoms with E-state index in [4.69, 9.17) is 10.3 Å². The number of nitrogens with zero attached hydrogens (tertiary/aromatic N) is 2. The largest absolute Gasteiger partial charge is 0.339 e. The zero-order valence-corrected chi connectivity index (χ0v) is 8.20. The molecule has 2 aliphatic carbocycles. The Kier molecular flexibility index (Phi) is 1.68. The number of hydrogen-bond acceptors (Lipinski definition) is 4. The quantitative estimate of drug-likeness (QED) is 0.775. The third-order valence-electron chi connectivity index (χ3n) is 3.33. The van der Waals surface area contributed by atoms with E-state index >= 15 is 0 Å². The standard InChI is InChI=1S/C10H15N3O/c11-6-10(3-4-10)9-12-8(13-14-9)5-7-1-2-7/h7H,1-6,11H2. The van der Waals surface area contributed by atoms with Gasteiger partial charge in [-0.05, 0) is 31.6 Å². The molecule has 4 heteroatoms. The van der Waals surface area contributed by atoms with E-state index in [-0.39, 0.29) is 5.41 Å². The van der Waals surface area contributed by atoms with Crippen LogP contribution in [0.2, 0.25) is 0 Å². The Labute approximate surface area is 82.9 Å². The van der Waals surface area contributed by atoms with Crippen LogP contribution in [-0.4, -0.2) is 16.7 Å². The number of rotatable bonds is 4. The minimum absolute atomic E-state index is 0.0504. The van der Waals surface area contributed by atoms with Crippen molar-refractivity contribution >= 4 is 0 Å². The lowest BCUT2D eigenvalue weighted by molar-refractivity contribution is 0.343. The molecule has 2 saturated carbocycles. The summed E-state index contributed by atoms with van der Waals surface area (Å²) >= 11 is 0. The van der Waals surface area contributed by atoms with Gasteiger partial charge in [-0.25, -0.2) is 0 Å². The van der Waals surface area contributed by atoms with Crippen LogP contribution in [0.25, 0.3) is 0 Å². The van der Waals surface area contributed by atoms with Gasteiger partial charge in [0.25, 0.3) is 0 Å². The second kappa shape index (κ2) is 2.79. The molecule has 0 radical (unpaired) electrons. The molecule has 14 heavy (non-hydrogen) atoms. The van der Waals surface area contributed by atoms with Gasteiger partial charge in [-0.1, -0.05) is 5.16 Å². The second-order valence-electron chi connectivity index (χ2n) is 4.65. The minimum atomic E-state index is 0.0504. The fourth-order valence-electron chi connectivity index (χ4n) is 1.79. The van der Waals surface area contributed by atoms with Gasteiger partial charge in [0.15, 0.2) is 5.82 Å². The van der Waals surface area contributed by atoms with Gasteiger partial charge in [-0.15, -0.1) is 0 Å². The highest BCUT2D eigenvalue weighted by molar-refractivity contribution is 5.16. The van der Waals surface area contributed by atoms with E-state index in [9.17, 15) is 0 Å². The van der Waals surface area contributed by atoms with E-state index in [1.165, 1.54) is 12.8 Å². The molecular formula is C10H15N3O. The van der Waals surface area contributed by atoms with Gasteiger partial charge in [-0.2, -0.15) is 4.98 Å². The lowest BCUT2D eigenvalue weighted by atomic mass is 10.1. The van der Waals surface area contributed by atoms with Gasteiger partial charge in [-0.3, -0.25) is 0 Å². The first-order valence-electron chi connectivity index (χ1n) is 5.35. The van der Waals surface area contributed by atoms with Gasteiger partial charge in [0.2, 0.25) is 5.89 Å². The van der Waals surface area contributed by atoms with Crippen molar-refractivity contribution in [2.45, 2.75) is 37.5 Å². The van der Waals surface area contributed by atoms with Crippen molar-refractivity contribution in [3.05, 3.63) is 11.7 Å².